The van der Waals surface area contributed by atoms with Gasteiger partial charge in [-0.05, 0) is 36.6 Å². The maximum Gasteiger partial charge on any atom is 0.191 e. The van der Waals surface area contributed by atoms with Crippen molar-refractivity contribution >= 4 is 5.96 Å². The highest BCUT2D eigenvalue weighted by Gasteiger charge is 2.20. The number of pyridine rings is 1. The van der Waals surface area contributed by atoms with Crippen LogP contribution in [0.2, 0.25) is 0 Å². The van der Waals surface area contributed by atoms with E-state index in [9.17, 15) is 0 Å². The van der Waals surface area contributed by atoms with Crippen LogP contribution in [0.1, 0.15) is 23.7 Å². The Morgan fingerprint density at radius 2 is 1.96 bits per heavy atom. The van der Waals surface area contributed by atoms with Crippen molar-refractivity contribution in [1.82, 2.24) is 20.5 Å². The Morgan fingerprint density at radius 1 is 1.15 bits per heavy atom. The quantitative estimate of drug-likeness (QED) is 0.619. The molecule has 0 bridgehead atoms. The fraction of sp³-hybridized carbons (Fsp3) is 0.429. The van der Waals surface area contributed by atoms with Crippen LogP contribution in [-0.4, -0.2) is 48.6 Å². The molecule has 1 aromatic carbocycles. The number of guanidine groups is 1. The third-order valence-corrected chi connectivity index (χ3v) is 4.97. The van der Waals surface area contributed by atoms with Gasteiger partial charge in [0.1, 0.15) is 0 Å². The van der Waals surface area contributed by atoms with Crippen molar-refractivity contribution in [3.05, 3.63) is 65.5 Å². The molecule has 1 atom stereocenters. The van der Waals surface area contributed by atoms with Gasteiger partial charge in [0, 0.05) is 57.6 Å². The highest BCUT2D eigenvalue weighted by Crippen LogP contribution is 2.19. The summed E-state index contributed by atoms with van der Waals surface area (Å²) in [7, 11) is 1.82. The number of benzene rings is 1. The Kier molecular flexibility index (Phi) is 6.61. The predicted molar refractivity (Wildman–Crippen MR) is 107 cm³/mol. The molecule has 1 aliphatic rings. The minimum Gasteiger partial charge on any atom is -0.356 e. The summed E-state index contributed by atoms with van der Waals surface area (Å²) in [6.45, 7) is 6.13. The largest absolute Gasteiger partial charge is 0.356 e. The fourth-order valence-corrected chi connectivity index (χ4v) is 3.34. The average Bonchev–Trinajstić information content (AvgIpc) is 2.70. The zero-order chi connectivity index (χ0) is 18.2. The monoisotopic (exact) mass is 351 g/mol. The van der Waals surface area contributed by atoms with Crippen molar-refractivity contribution < 1.29 is 0 Å². The predicted octanol–water partition coefficient (Wildman–Crippen LogP) is 2.24. The number of aliphatic imine (C=N–C) groups is 1. The first-order valence-electron chi connectivity index (χ1n) is 9.41. The van der Waals surface area contributed by atoms with E-state index in [1.165, 1.54) is 11.1 Å². The Balaban J connectivity index is 1.42. The molecule has 1 aromatic heterocycles. The van der Waals surface area contributed by atoms with E-state index in [4.69, 9.17) is 0 Å². The molecule has 0 saturated carbocycles. The van der Waals surface area contributed by atoms with E-state index in [2.05, 4.69) is 56.7 Å². The molecule has 0 aliphatic carbocycles. The number of nitrogens with one attached hydrogen (secondary N) is 2. The van der Waals surface area contributed by atoms with Crippen LogP contribution in [0.3, 0.4) is 0 Å². The van der Waals surface area contributed by atoms with Crippen LogP contribution in [-0.2, 0) is 19.4 Å². The molecule has 0 amide bonds. The van der Waals surface area contributed by atoms with Gasteiger partial charge in [-0.2, -0.15) is 0 Å². The molecule has 5 nitrogen and oxygen atoms in total. The summed E-state index contributed by atoms with van der Waals surface area (Å²) in [6, 6.07) is 15.2. The van der Waals surface area contributed by atoms with Crippen LogP contribution in [0.25, 0.3) is 0 Å². The van der Waals surface area contributed by atoms with Gasteiger partial charge in [-0.25, -0.2) is 0 Å². The zero-order valence-electron chi connectivity index (χ0n) is 15.8. The lowest BCUT2D eigenvalue weighted by molar-refractivity contribution is 0.191. The van der Waals surface area contributed by atoms with Gasteiger partial charge in [0.15, 0.2) is 5.96 Å². The second-order valence-electron chi connectivity index (χ2n) is 6.79. The fourth-order valence-electron chi connectivity index (χ4n) is 3.34. The van der Waals surface area contributed by atoms with Gasteiger partial charge in [-0.3, -0.25) is 14.9 Å². The highest BCUT2D eigenvalue weighted by molar-refractivity contribution is 5.79. The zero-order valence-corrected chi connectivity index (χ0v) is 15.8. The summed E-state index contributed by atoms with van der Waals surface area (Å²) in [5.41, 5.74) is 4.05. The van der Waals surface area contributed by atoms with E-state index >= 15 is 0 Å². The molecule has 2 heterocycles. The molecule has 0 spiro atoms. The van der Waals surface area contributed by atoms with E-state index in [1.807, 2.05) is 31.4 Å². The van der Waals surface area contributed by atoms with E-state index in [-0.39, 0.29) is 0 Å². The van der Waals surface area contributed by atoms with Crippen molar-refractivity contribution in [2.24, 2.45) is 4.99 Å². The van der Waals surface area contributed by atoms with Crippen LogP contribution < -0.4 is 10.6 Å². The standard InChI is InChI=1S/C21H29N5/c1-17(26-14-11-18-7-3-4-8-19(18)16-26)15-25-21(22-2)24-13-10-20-9-5-6-12-23-20/h3-9,12,17H,10-11,13-16H2,1-2H3,(H2,22,24,25). The summed E-state index contributed by atoms with van der Waals surface area (Å²) in [5, 5.41) is 6.83. The van der Waals surface area contributed by atoms with Gasteiger partial charge < -0.3 is 10.6 Å². The van der Waals surface area contributed by atoms with Crippen molar-refractivity contribution in [3.8, 4) is 0 Å². The number of fused-ring (bicyclic) bond motifs is 1. The summed E-state index contributed by atoms with van der Waals surface area (Å²) in [5.74, 6) is 0.852. The van der Waals surface area contributed by atoms with E-state index in [0.717, 1.165) is 50.7 Å². The molecule has 2 aromatic rings. The molecule has 1 unspecified atom stereocenters. The molecule has 0 saturated heterocycles. The first-order valence-corrected chi connectivity index (χ1v) is 9.41. The summed E-state index contributed by atoms with van der Waals surface area (Å²) in [4.78, 5) is 11.2. The van der Waals surface area contributed by atoms with E-state index < -0.39 is 0 Å². The lowest BCUT2D eigenvalue weighted by atomic mass is 9.99. The molecular weight excluding hydrogens is 322 g/mol. The average molecular weight is 351 g/mol. The molecule has 0 radical (unpaired) electrons. The van der Waals surface area contributed by atoms with E-state index in [1.54, 1.807) is 0 Å². The lowest BCUT2D eigenvalue weighted by Gasteiger charge is -2.34. The second-order valence-corrected chi connectivity index (χ2v) is 6.79. The smallest absolute Gasteiger partial charge is 0.191 e. The molecular formula is C21H29N5. The maximum absolute atomic E-state index is 4.35. The number of aromatic nitrogens is 1. The Labute approximate surface area is 156 Å². The van der Waals surface area contributed by atoms with Crippen molar-refractivity contribution in [2.75, 3.05) is 26.7 Å². The first-order chi connectivity index (χ1) is 12.8. The van der Waals surface area contributed by atoms with Gasteiger partial charge in [0.25, 0.3) is 0 Å². The summed E-state index contributed by atoms with van der Waals surface area (Å²) >= 11 is 0. The second kappa shape index (κ2) is 9.34. The molecule has 26 heavy (non-hydrogen) atoms. The number of rotatable bonds is 6. The van der Waals surface area contributed by atoms with Crippen molar-refractivity contribution in [3.63, 3.8) is 0 Å². The molecule has 1 aliphatic heterocycles. The number of nitrogens with zero attached hydrogens (tertiary/aromatic N) is 3. The summed E-state index contributed by atoms with van der Waals surface area (Å²) in [6.07, 6.45) is 3.86. The van der Waals surface area contributed by atoms with Crippen molar-refractivity contribution in [1.29, 1.82) is 0 Å². The number of hydrogen-bond acceptors (Lipinski definition) is 3. The molecule has 3 rings (SSSR count). The van der Waals surface area contributed by atoms with Crippen LogP contribution in [0.4, 0.5) is 0 Å². The Hall–Kier alpha value is -2.40. The molecule has 5 heteroatoms. The van der Waals surface area contributed by atoms with Crippen LogP contribution in [0.15, 0.2) is 53.7 Å². The minimum atomic E-state index is 0.456. The van der Waals surface area contributed by atoms with Gasteiger partial charge >= 0.3 is 0 Å². The lowest BCUT2D eigenvalue weighted by Crippen LogP contribution is -2.47. The van der Waals surface area contributed by atoms with Crippen molar-refractivity contribution in [2.45, 2.75) is 32.4 Å². The Bertz CT molecular complexity index is 713. The van der Waals surface area contributed by atoms with Crippen LogP contribution in [0, 0.1) is 0 Å². The molecule has 2 N–H and O–H groups in total. The number of hydrogen-bond donors (Lipinski definition) is 2. The van der Waals surface area contributed by atoms with Gasteiger partial charge in [-0.1, -0.05) is 30.3 Å². The van der Waals surface area contributed by atoms with Gasteiger partial charge in [0.2, 0.25) is 0 Å². The van der Waals surface area contributed by atoms with Crippen LogP contribution >= 0.6 is 0 Å². The SMILES string of the molecule is CN=C(NCCc1ccccn1)NCC(C)N1CCc2ccccc2C1. The van der Waals surface area contributed by atoms with E-state index in [0.29, 0.717) is 6.04 Å². The third kappa shape index (κ3) is 5.05. The third-order valence-electron chi connectivity index (χ3n) is 4.97. The Morgan fingerprint density at radius 3 is 2.73 bits per heavy atom. The van der Waals surface area contributed by atoms with Gasteiger partial charge in [0.05, 0.1) is 0 Å². The summed E-state index contributed by atoms with van der Waals surface area (Å²) < 4.78 is 0. The topological polar surface area (TPSA) is 52.6 Å². The molecule has 0 fully saturated rings. The maximum atomic E-state index is 4.35. The highest BCUT2D eigenvalue weighted by atomic mass is 15.2. The molecule has 138 valence electrons. The minimum absolute atomic E-state index is 0.456. The van der Waals surface area contributed by atoms with Gasteiger partial charge in [-0.15, -0.1) is 0 Å². The normalized spacial score (nSPS) is 16.0. The first kappa shape index (κ1) is 18.4. The van der Waals surface area contributed by atoms with Crippen LogP contribution in [0.5, 0.6) is 0 Å².